The first-order chi connectivity index (χ1) is 4.36. The highest BCUT2D eigenvalue weighted by Gasteiger charge is 2.29. The van der Waals surface area contributed by atoms with E-state index in [4.69, 9.17) is 21.1 Å². The molecule has 1 unspecified atom stereocenters. The molecule has 1 atom stereocenters. The van der Waals surface area contributed by atoms with Gasteiger partial charge in [0.15, 0.2) is 6.29 Å². The van der Waals surface area contributed by atoms with Crippen LogP contribution in [0.25, 0.3) is 0 Å². The summed E-state index contributed by atoms with van der Waals surface area (Å²) in [6.07, 6.45) is -2.05. The fourth-order valence-corrected chi connectivity index (χ4v) is 0.467. The fraction of sp³-hybridized carbons (Fsp3) is 0.800. The molecule has 0 saturated heterocycles. The van der Waals surface area contributed by atoms with E-state index in [-0.39, 0.29) is 6.42 Å². The van der Waals surface area contributed by atoms with Crippen LogP contribution in [0.15, 0.2) is 0 Å². The maximum atomic E-state index is 10.2. The largest absolute Gasteiger partial charge is 0.480 e. The van der Waals surface area contributed by atoms with Crippen molar-refractivity contribution in [2.45, 2.75) is 25.2 Å². The molecule has 0 aromatic carbocycles. The fourth-order valence-electron chi connectivity index (χ4n) is 0.467. The van der Waals surface area contributed by atoms with E-state index in [2.05, 4.69) is 0 Å². The standard InChI is InChI=1S/C5H11NO4/c1-5(6,4(9)10)2-3(7)8/h3,7-8H,2,6H2,1H3,(H,9,10). The number of aliphatic hydroxyl groups excluding tert-OH is 1. The van der Waals surface area contributed by atoms with Crippen LogP contribution in [0.3, 0.4) is 0 Å². The van der Waals surface area contributed by atoms with Gasteiger partial charge in [-0.1, -0.05) is 0 Å². The number of nitrogens with two attached hydrogens (primary N) is 1. The average Bonchev–Trinajstić information content (AvgIpc) is 1.60. The predicted octanol–water partition coefficient (Wildman–Crippen LogP) is -1.51. The highest BCUT2D eigenvalue weighted by Crippen LogP contribution is 2.07. The Kier molecular flexibility index (Phi) is 2.77. The van der Waals surface area contributed by atoms with Gasteiger partial charge in [0.2, 0.25) is 0 Å². The van der Waals surface area contributed by atoms with Crippen LogP contribution in [0.5, 0.6) is 0 Å². The number of aliphatic carboxylic acids is 1. The first kappa shape index (κ1) is 9.35. The third-order valence-electron chi connectivity index (χ3n) is 1.10. The van der Waals surface area contributed by atoms with Gasteiger partial charge >= 0.3 is 5.97 Å². The minimum atomic E-state index is -1.67. The number of rotatable bonds is 3. The number of carboxylic acids is 1. The summed E-state index contributed by atoms with van der Waals surface area (Å²) in [7, 11) is 0. The Hall–Kier alpha value is -0.650. The molecule has 0 aromatic rings. The molecule has 0 rings (SSSR count). The molecule has 0 bridgehead atoms. The minimum absolute atomic E-state index is 0.373. The first-order valence-corrected chi connectivity index (χ1v) is 2.74. The smallest absolute Gasteiger partial charge is 0.323 e. The molecule has 0 aliphatic carbocycles. The van der Waals surface area contributed by atoms with Crippen molar-refractivity contribution >= 4 is 5.97 Å². The Bertz CT molecular complexity index is 132. The molecule has 0 heterocycles. The first-order valence-electron chi connectivity index (χ1n) is 2.74. The molecule has 5 nitrogen and oxygen atoms in total. The van der Waals surface area contributed by atoms with Crippen LogP contribution in [-0.2, 0) is 4.79 Å². The monoisotopic (exact) mass is 149 g/mol. The Morgan fingerprint density at radius 2 is 2.10 bits per heavy atom. The summed E-state index contributed by atoms with van der Waals surface area (Å²) in [5.41, 5.74) is 3.58. The van der Waals surface area contributed by atoms with E-state index < -0.39 is 17.8 Å². The molecule has 0 fully saturated rings. The van der Waals surface area contributed by atoms with Crippen LogP contribution in [0.2, 0.25) is 0 Å². The maximum absolute atomic E-state index is 10.2. The lowest BCUT2D eigenvalue weighted by Crippen LogP contribution is -2.47. The number of aliphatic hydroxyl groups is 2. The number of carboxylic acid groups (broad SMARTS) is 1. The Labute approximate surface area is 58.1 Å². The molecule has 0 amide bonds. The molecule has 60 valence electrons. The minimum Gasteiger partial charge on any atom is -0.480 e. The maximum Gasteiger partial charge on any atom is 0.323 e. The zero-order valence-corrected chi connectivity index (χ0v) is 5.61. The van der Waals surface area contributed by atoms with Crippen molar-refractivity contribution in [2.24, 2.45) is 5.73 Å². The average molecular weight is 149 g/mol. The summed E-state index contributed by atoms with van der Waals surface area (Å²) in [6, 6.07) is 0. The summed E-state index contributed by atoms with van der Waals surface area (Å²) in [4.78, 5) is 10.2. The van der Waals surface area contributed by atoms with Crippen LogP contribution in [-0.4, -0.2) is 33.1 Å². The zero-order chi connectivity index (χ0) is 8.36. The van der Waals surface area contributed by atoms with E-state index in [0.717, 1.165) is 0 Å². The van der Waals surface area contributed by atoms with E-state index in [9.17, 15) is 4.79 Å². The molecule has 0 aliphatic rings. The third kappa shape index (κ3) is 2.77. The van der Waals surface area contributed by atoms with Crippen molar-refractivity contribution in [2.75, 3.05) is 0 Å². The van der Waals surface area contributed by atoms with Gasteiger partial charge in [-0.15, -0.1) is 0 Å². The van der Waals surface area contributed by atoms with Crippen LogP contribution < -0.4 is 5.73 Å². The Morgan fingerprint density at radius 3 is 2.20 bits per heavy atom. The lowest BCUT2D eigenvalue weighted by atomic mass is 10.00. The summed E-state index contributed by atoms with van der Waals surface area (Å²) in [6.45, 7) is 1.22. The third-order valence-corrected chi connectivity index (χ3v) is 1.10. The quantitative estimate of drug-likeness (QED) is 0.365. The van der Waals surface area contributed by atoms with E-state index >= 15 is 0 Å². The Morgan fingerprint density at radius 1 is 1.70 bits per heavy atom. The van der Waals surface area contributed by atoms with Crippen LogP contribution >= 0.6 is 0 Å². The lowest BCUT2D eigenvalue weighted by Gasteiger charge is -2.19. The van der Waals surface area contributed by atoms with E-state index in [0.29, 0.717) is 0 Å². The second-order valence-electron chi connectivity index (χ2n) is 2.41. The highest BCUT2D eigenvalue weighted by molar-refractivity contribution is 5.77. The van der Waals surface area contributed by atoms with E-state index in [1.165, 1.54) is 6.92 Å². The number of carbonyl (C=O) groups is 1. The van der Waals surface area contributed by atoms with Crippen LogP contribution in [0.1, 0.15) is 13.3 Å². The van der Waals surface area contributed by atoms with Crippen molar-refractivity contribution in [3.63, 3.8) is 0 Å². The molecule has 10 heavy (non-hydrogen) atoms. The second-order valence-corrected chi connectivity index (χ2v) is 2.41. The summed E-state index contributed by atoms with van der Waals surface area (Å²) >= 11 is 0. The highest BCUT2D eigenvalue weighted by atomic mass is 16.5. The Balaban J connectivity index is 4.00. The topological polar surface area (TPSA) is 104 Å². The van der Waals surface area contributed by atoms with Crippen molar-refractivity contribution in [3.8, 4) is 0 Å². The van der Waals surface area contributed by atoms with Gasteiger partial charge in [-0.25, -0.2) is 0 Å². The SMILES string of the molecule is CC(N)(CC(O)O)C(=O)O. The van der Waals surface area contributed by atoms with Gasteiger partial charge in [0, 0.05) is 6.42 Å². The molecule has 5 heteroatoms. The molecule has 0 radical (unpaired) electrons. The van der Waals surface area contributed by atoms with Crippen LogP contribution in [0.4, 0.5) is 0 Å². The van der Waals surface area contributed by atoms with Gasteiger partial charge in [0.25, 0.3) is 0 Å². The zero-order valence-electron chi connectivity index (χ0n) is 5.61. The van der Waals surface area contributed by atoms with Crippen molar-refractivity contribution in [3.05, 3.63) is 0 Å². The summed E-state index contributed by atoms with van der Waals surface area (Å²) in [5.74, 6) is -1.25. The lowest BCUT2D eigenvalue weighted by molar-refractivity contribution is -0.147. The van der Waals surface area contributed by atoms with Gasteiger partial charge in [0.05, 0.1) is 0 Å². The molecular formula is C5H11NO4. The number of hydrogen-bond acceptors (Lipinski definition) is 4. The molecule has 0 spiro atoms. The van der Waals surface area contributed by atoms with Crippen LogP contribution in [0, 0.1) is 0 Å². The van der Waals surface area contributed by atoms with Gasteiger partial charge < -0.3 is 21.1 Å². The van der Waals surface area contributed by atoms with Crippen molar-refractivity contribution < 1.29 is 20.1 Å². The molecule has 0 aromatic heterocycles. The summed E-state index contributed by atoms with van der Waals surface area (Å²) < 4.78 is 0. The van der Waals surface area contributed by atoms with Gasteiger partial charge in [-0.2, -0.15) is 0 Å². The predicted molar refractivity (Wildman–Crippen MR) is 33.1 cm³/mol. The normalized spacial score (nSPS) is 16.9. The van der Waals surface area contributed by atoms with Crippen molar-refractivity contribution in [1.82, 2.24) is 0 Å². The van der Waals surface area contributed by atoms with E-state index in [1.54, 1.807) is 0 Å². The molecule has 5 N–H and O–H groups in total. The van der Waals surface area contributed by atoms with E-state index in [1.807, 2.05) is 0 Å². The van der Waals surface area contributed by atoms with Crippen molar-refractivity contribution in [1.29, 1.82) is 0 Å². The second kappa shape index (κ2) is 2.96. The van der Waals surface area contributed by atoms with Gasteiger partial charge in [-0.05, 0) is 6.92 Å². The van der Waals surface area contributed by atoms with Gasteiger partial charge in [0.1, 0.15) is 5.54 Å². The molecule has 0 saturated carbocycles. The van der Waals surface area contributed by atoms with Gasteiger partial charge in [-0.3, -0.25) is 4.79 Å². The summed E-state index contributed by atoms with van der Waals surface area (Å²) in [5, 5.41) is 25.0. The number of hydrogen-bond donors (Lipinski definition) is 4. The molecular weight excluding hydrogens is 138 g/mol. The molecule has 0 aliphatic heterocycles.